The topological polar surface area (TPSA) is 287 Å². The Labute approximate surface area is 583 Å². The summed E-state index contributed by atoms with van der Waals surface area (Å²) in [5.74, 6) is 2.43. The van der Waals surface area contributed by atoms with Gasteiger partial charge in [-0.05, 0) is 171 Å². The lowest BCUT2D eigenvalue weighted by Gasteiger charge is -2.25. The summed E-state index contributed by atoms with van der Waals surface area (Å²) in [5.41, 5.74) is 11.1. The summed E-state index contributed by atoms with van der Waals surface area (Å²) < 4.78 is 11.5. The van der Waals surface area contributed by atoms with Gasteiger partial charge in [0.05, 0.1) is 83.9 Å². The molecule has 12 aromatic heterocycles. The molecule has 16 heterocycles. The van der Waals surface area contributed by atoms with Gasteiger partial charge in [-0.1, -0.05) is 34.0 Å². The lowest BCUT2D eigenvalue weighted by atomic mass is 10.1. The largest absolute Gasteiger partial charge is 0.389 e. The summed E-state index contributed by atoms with van der Waals surface area (Å²) in [6.07, 6.45) is 28.9. The first-order valence-electron chi connectivity index (χ1n) is 33.6. The first-order valence-corrected chi connectivity index (χ1v) is 36.6. The van der Waals surface area contributed by atoms with Crippen LogP contribution in [0.25, 0.3) is 66.5 Å². The van der Waals surface area contributed by atoms with E-state index in [4.69, 9.17) is 31.4 Å². The molecule has 98 heavy (non-hydrogen) atoms. The smallest absolute Gasteiger partial charge is 0.211 e. The molecule has 0 radical (unpaired) electrons. The number of rotatable bonds is 25. The fraction of sp³-hybridized carbons (Fsp3) is 0.418. The van der Waals surface area contributed by atoms with Crippen molar-refractivity contribution in [1.82, 2.24) is 109 Å². The molecule has 12 aromatic rings. The van der Waals surface area contributed by atoms with E-state index in [0.29, 0.717) is 32.8 Å². The number of alkyl halides is 1. The predicted octanol–water partition coefficient (Wildman–Crippen LogP) is 10.8. The number of hydrogen-bond acceptors (Lipinski definition) is 27. The lowest BCUT2D eigenvalue weighted by Crippen LogP contribution is -2.35. The number of likely N-dealkylation sites (tertiary alicyclic amines) is 3. The van der Waals surface area contributed by atoms with Crippen molar-refractivity contribution in [2.75, 3.05) is 101 Å². The van der Waals surface area contributed by atoms with Crippen molar-refractivity contribution in [3.8, 4) is 33.4 Å². The monoisotopic (exact) mass is 1400 g/mol. The molecule has 27 nitrogen and oxygen atoms in total. The third kappa shape index (κ3) is 18.0. The summed E-state index contributed by atoms with van der Waals surface area (Å²) in [4.78, 5) is 37.8. The van der Waals surface area contributed by atoms with Crippen molar-refractivity contribution in [1.29, 1.82) is 0 Å². The Kier molecular flexibility index (Phi) is 22.4. The summed E-state index contributed by atoms with van der Waals surface area (Å²) in [7, 11) is 0. The third-order valence-electron chi connectivity index (χ3n) is 17.5. The normalized spacial score (nSPS) is 15.5. The van der Waals surface area contributed by atoms with Gasteiger partial charge in [0.2, 0.25) is 15.4 Å². The maximum absolute atomic E-state index is 9.14. The van der Waals surface area contributed by atoms with E-state index in [2.05, 4.69) is 126 Å². The zero-order valence-electron chi connectivity index (χ0n) is 54.5. The number of hydrogen-bond donors (Lipinski definition) is 4. The van der Waals surface area contributed by atoms with Gasteiger partial charge in [-0.25, -0.2) is 15.0 Å². The fourth-order valence-electron chi connectivity index (χ4n) is 12.4. The maximum atomic E-state index is 9.14. The van der Waals surface area contributed by atoms with Gasteiger partial charge in [-0.15, -0.1) is 42.2 Å². The van der Waals surface area contributed by atoms with E-state index in [1.54, 1.807) is 11.3 Å². The van der Waals surface area contributed by atoms with E-state index < -0.39 is 0 Å². The van der Waals surface area contributed by atoms with E-state index in [9.17, 15) is 0 Å². The SMILES string of the molecule is ClCc1nnc(Nc2ccc3ncc(-c4cnn(CCCN5CCCC5)c4)cc3n2)s1.OCc1nnc(Nc2ccc3ncc(-c4cnn(CCCN5CCCC5)c4)cc3n2)s1.c1nc2ccc(Nc3nnc(CN4CCOCC4)s3)nc2cc1-c1cnn(CCCN2CCCC2)c1. The second kappa shape index (κ2) is 32.9. The van der Waals surface area contributed by atoms with E-state index in [-0.39, 0.29) is 6.61 Å². The Morgan fingerprint density at radius 1 is 0.398 bits per heavy atom. The minimum absolute atomic E-state index is 0.121. The number of aryl methyl sites for hydroxylation is 3. The highest BCUT2D eigenvalue weighted by Gasteiger charge is 2.18. The number of aliphatic hydroxyl groups is 1. The van der Waals surface area contributed by atoms with Crippen LogP contribution in [0.15, 0.2) is 110 Å². The van der Waals surface area contributed by atoms with Crippen LogP contribution in [0.5, 0.6) is 0 Å². The number of pyridine rings is 6. The highest BCUT2D eigenvalue weighted by atomic mass is 35.5. The fourth-order valence-corrected chi connectivity index (χ4v) is 14.6. The molecule has 0 saturated carbocycles. The molecule has 4 fully saturated rings. The average Bonchev–Trinajstić information content (AvgIpc) is 1.49. The van der Waals surface area contributed by atoms with Crippen molar-refractivity contribution in [2.45, 2.75) is 96.5 Å². The highest BCUT2D eigenvalue weighted by Crippen LogP contribution is 2.30. The molecule has 0 amide bonds. The van der Waals surface area contributed by atoms with Crippen LogP contribution >= 0.6 is 45.6 Å². The lowest BCUT2D eigenvalue weighted by molar-refractivity contribution is 0.0341. The Morgan fingerprint density at radius 2 is 0.765 bits per heavy atom. The zero-order valence-corrected chi connectivity index (χ0v) is 57.7. The third-order valence-corrected chi connectivity index (χ3v) is 20.4. The summed E-state index contributed by atoms with van der Waals surface area (Å²) >= 11 is 10.1. The second-order valence-corrected chi connectivity index (χ2v) is 28.1. The Morgan fingerprint density at radius 3 is 1.13 bits per heavy atom. The molecule has 0 spiro atoms. The number of halogens is 1. The van der Waals surface area contributed by atoms with Crippen LogP contribution in [0.3, 0.4) is 0 Å². The predicted molar refractivity (Wildman–Crippen MR) is 384 cm³/mol. The van der Waals surface area contributed by atoms with E-state index in [1.807, 2.05) is 99.8 Å². The van der Waals surface area contributed by atoms with Crippen LogP contribution < -0.4 is 16.0 Å². The Balaban J connectivity index is 0.000000126. The maximum Gasteiger partial charge on any atom is 0.211 e. The molecule has 4 saturated heterocycles. The van der Waals surface area contributed by atoms with Crippen molar-refractivity contribution < 1.29 is 9.84 Å². The van der Waals surface area contributed by atoms with Gasteiger partial charge in [0, 0.05) is 103 Å². The van der Waals surface area contributed by atoms with Crippen LogP contribution in [0.1, 0.15) is 72.8 Å². The van der Waals surface area contributed by atoms with Crippen LogP contribution in [-0.2, 0) is 43.4 Å². The molecule has 16 rings (SSSR count). The van der Waals surface area contributed by atoms with E-state index >= 15 is 0 Å². The first kappa shape index (κ1) is 66.7. The van der Waals surface area contributed by atoms with Gasteiger partial charge in [-0.2, -0.15) is 15.3 Å². The van der Waals surface area contributed by atoms with Gasteiger partial charge in [-0.3, -0.25) is 33.9 Å². The standard InChI is InChI=1S/C25H31N9OS.C21H23ClN8S.C21H24N8OS/c1-2-7-32(6-1)8-3-9-34-17-20(16-27-34)19-14-22-21(26-15-19)4-5-23(28-22)29-25-31-30-24(36-25)18-33-10-12-35-13-11-33;22-11-20-27-28-21(31-20)26-19-5-4-17-18(25-19)10-15(12-23-17)16-13-24-30(14-16)9-3-8-29-6-1-2-7-29;30-14-20-26-27-21(31-20)25-19-5-4-17-18(24-19)10-15(11-22-17)16-12-23-29(13-16)9-3-8-28-6-1-2-7-28/h4-5,14-17H,1-3,6-13,18H2,(H,28,29,31);4-5,10,12-14H,1-3,6-9,11H2,(H,25,26,28);4-5,10-13,30H,1-3,6-9,14H2,(H,24,25,27). The quantitative estimate of drug-likeness (QED) is 0.0387. The van der Waals surface area contributed by atoms with Crippen molar-refractivity contribution in [2.24, 2.45) is 0 Å². The van der Waals surface area contributed by atoms with Gasteiger partial charge < -0.3 is 40.5 Å². The molecule has 4 aliphatic heterocycles. The molecule has 4 aliphatic rings. The minimum Gasteiger partial charge on any atom is -0.389 e. The molecule has 0 aliphatic carbocycles. The number of aromatic nitrogens is 18. The molecular weight excluding hydrogens is 1320 g/mol. The van der Waals surface area contributed by atoms with Crippen LogP contribution in [0.4, 0.5) is 32.8 Å². The van der Waals surface area contributed by atoms with Crippen molar-refractivity contribution in [3.63, 3.8) is 0 Å². The van der Waals surface area contributed by atoms with Crippen molar-refractivity contribution >= 4 is 112 Å². The summed E-state index contributed by atoms with van der Waals surface area (Å²) in [6, 6.07) is 17.7. The van der Waals surface area contributed by atoms with Crippen LogP contribution in [0, 0.1) is 0 Å². The van der Waals surface area contributed by atoms with E-state index in [0.717, 1.165) is 179 Å². The molecule has 31 heteroatoms. The molecule has 0 aromatic carbocycles. The zero-order chi connectivity index (χ0) is 66.2. The molecular formula is C67H78ClN25O2S3. The van der Waals surface area contributed by atoms with Crippen LogP contribution in [-0.4, -0.2) is 200 Å². The molecule has 4 N–H and O–H groups in total. The number of ether oxygens (including phenoxy) is 1. The number of nitrogens with one attached hydrogen (secondary N) is 3. The van der Waals surface area contributed by atoms with Crippen LogP contribution in [0.2, 0.25) is 0 Å². The number of morpholine rings is 1. The first-order chi connectivity index (χ1) is 48.3. The van der Waals surface area contributed by atoms with Gasteiger partial charge in [0.15, 0.2) is 0 Å². The number of anilines is 6. The number of nitrogens with zero attached hydrogens (tertiary/aromatic N) is 22. The Bertz CT molecular complexity index is 4350. The molecule has 508 valence electrons. The average molecular weight is 1400 g/mol. The molecule has 0 unspecified atom stereocenters. The summed E-state index contributed by atoms with van der Waals surface area (Å²) in [5, 5.41) is 61.4. The number of aliphatic hydroxyl groups excluding tert-OH is 1. The molecule has 0 atom stereocenters. The molecule has 0 bridgehead atoms. The summed E-state index contributed by atoms with van der Waals surface area (Å²) in [6.45, 7) is 17.7. The Hall–Kier alpha value is -8.56. The highest BCUT2D eigenvalue weighted by molar-refractivity contribution is 7.16. The van der Waals surface area contributed by atoms with Gasteiger partial charge in [0.1, 0.15) is 32.5 Å². The van der Waals surface area contributed by atoms with Gasteiger partial charge >= 0.3 is 0 Å². The second-order valence-electron chi connectivity index (χ2n) is 24.6. The van der Waals surface area contributed by atoms with Gasteiger partial charge in [0.25, 0.3) is 0 Å². The number of fused-ring (bicyclic) bond motifs is 3. The van der Waals surface area contributed by atoms with Crippen molar-refractivity contribution in [3.05, 3.63) is 125 Å². The van der Waals surface area contributed by atoms with E-state index in [1.165, 1.54) is 100 Å². The minimum atomic E-state index is -0.121.